The van der Waals surface area contributed by atoms with E-state index in [1.807, 2.05) is 42.5 Å². The molecule has 18 heavy (non-hydrogen) atoms. The van der Waals surface area contributed by atoms with Gasteiger partial charge in [0.2, 0.25) is 0 Å². The van der Waals surface area contributed by atoms with Gasteiger partial charge in [-0.25, -0.2) is 0 Å². The van der Waals surface area contributed by atoms with Gasteiger partial charge in [-0.15, -0.1) is 6.58 Å². The van der Waals surface area contributed by atoms with Crippen molar-refractivity contribution in [1.29, 1.82) is 0 Å². The quantitative estimate of drug-likeness (QED) is 0.725. The van der Waals surface area contributed by atoms with E-state index in [1.165, 1.54) is 11.1 Å². The van der Waals surface area contributed by atoms with Crippen LogP contribution < -0.4 is 4.74 Å². The van der Waals surface area contributed by atoms with Gasteiger partial charge in [-0.1, -0.05) is 41.9 Å². The van der Waals surface area contributed by atoms with Crippen LogP contribution in [0.5, 0.6) is 5.75 Å². The summed E-state index contributed by atoms with van der Waals surface area (Å²) < 4.78 is 5.16. The average molecular weight is 259 g/mol. The van der Waals surface area contributed by atoms with Crippen LogP contribution in [0.15, 0.2) is 61.2 Å². The SMILES string of the molecule is C=C[C@H](c1ccc(Cl)cc1)c1ccc(OC)cc1. The Labute approximate surface area is 113 Å². The molecule has 0 aliphatic heterocycles. The minimum Gasteiger partial charge on any atom is -0.497 e. The number of hydrogen-bond donors (Lipinski definition) is 0. The van der Waals surface area contributed by atoms with Crippen molar-refractivity contribution < 1.29 is 4.74 Å². The molecule has 0 fully saturated rings. The van der Waals surface area contributed by atoms with E-state index in [4.69, 9.17) is 16.3 Å². The molecule has 0 spiro atoms. The molecule has 92 valence electrons. The summed E-state index contributed by atoms with van der Waals surface area (Å²) >= 11 is 5.90. The van der Waals surface area contributed by atoms with Crippen LogP contribution in [0, 0.1) is 0 Å². The molecule has 0 unspecified atom stereocenters. The zero-order valence-electron chi connectivity index (χ0n) is 10.3. The Kier molecular flexibility index (Phi) is 4.06. The molecule has 2 rings (SSSR count). The highest BCUT2D eigenvalue weighted by atomic mass is 35.5. The Balaban J connectivity index is 2.32. The number of rotatable bonds is 4. The topological polar surface area (TPSA) is 9.23 Å². The van der Waals surface area contributed by atoms with Crippen LogP contribution in [0.1, 0.15) is 17.0 Å². The average Bonchev–Trinajstić information content (AvgIpc) is 2.42. The highest BCUT2D eigenvalue weighted by molar-refractivity contribution is 6.30. The van der Waals surface area contributed by atoms with Crippen molar-refractivity contribution in [3.63, 3.8) is 0 Å². The smallest absolute Gasteiger partial charge is 0.118 e. The van der Waals surface area contributed by atoms with Crippen molar-refractivity contribution in [3.8, 4) is 5.75 Å². The lowest BCUT2D eigenvalue weighted by Crippen LogP contribution is -1.97. The predicted octanol–water partition coefficient (Wildman–Crippen LogP) is 4.67. The van der Waals surface area contributed by atoms with E-state index >= 15 is 0 Å². The zero-order valence-corrected chi connectivity index (χ0v) is 11.0. The van der Waals surface area contributed by atoms with Crippen LogP contribution in [-0.4, -0.2) is 7.11 Å². The monoisotopic (exact) mass is 258 g/mol. The van der Waals surface area contributed by atoms with Crippen LogP contribution in [0.2, 0.25) is 5.02 Å². The van der Waals surface area contributed by atoms with Gasteiger partial charge in [0.1, 0.15) is 5.75 Å². The fourth-order valence-corrected chi connectivity index (χ4v) is 2.07. The highest BCUT2D eigenvalue weighted by Gasteiger charge is 2.10. The van der Waals surface area contributed by atoms with E-state index in [0.29, 0.717) is 0 Å². The fourth-order valence-electron chi connectivity index (χ4n) is 1.95. The number of benzene rings is 2. The van der Waals surface area contributed by atoms with Gasteiger partial charge in [-0.2, -0.15) is 0 Å². The van der Waals surface area contributed by atoms with Gasteiger partial charge in [0.05, 0.1) is 7.11 Å². The Morgan fingerprint density at radius 3 is 1.94 bits per heavy atom. The normalized spacial score (nSPS) is 11.9. The van der Waals surface area contributed by atoms with E-state index < -0.39 is 0 Å². The summed E-state index contributed by atoms with van der Waals surface area (Å²) in [5.74, 6) is 1.03. The molecular formula is C16H15ClO. The summed E-state index contributed by atoms with van der Waals surface area (Å²) in [5.41, 5.74) is 2.37. The van der Waals surface area contributed by atoms with Crippen LogP contribution in [0.4, 0.5) is 0 Å². The molecule has 0 amide bonds. The second-order valence-electron chi connectivity index (χ2n) is 4.04. The van der Waals surface area contributed by atoms with Crippen LogP contribution in [-0.2, 0) is 0 Å². The molecule has 1 atom stereocenters. The second-order valence-corrected chi connectivity index (χ2v) is 4.47. The van der Waals surface area contributed by atoms with Crippen LogP contribution in [0.3, 0.4) is 0 Å². The highest BCUT2D eigenvalue weighted by Crippen LogP contribution is 2.28. The number of allylic oxidation sites excluding steroid dienone is 1. The lowest BCUT2D eigenvalue weighted by atomic mass is 9.91. The molecule has 0 saturated carbocycles. The van der Waals surface area contributed by atoms with E-state index in [1.54, 1.807) is 7.11 Å². The summed E-state index contributed by atoms with van der Waals surface area (Å²) in [4.78, 5) is 0. The maximum absolute atomic E-state index is 5.90. The molecule has 0 aromatic heterocycles. The van der Waals surface area contributed by atoms with Crippen molar-refractivity contribution >= 4 is 11.6 Å². The summed E-state index contributed by atoms with van der Waals surface area (Å²) in [5, 5.41) is 0.747. The minimum atomic E-state index is 0.174. The predicted molar refractivity (Wildman–Crippen MR) is 76.5 cm³/mol. The maximum atomic E-state index is 5.90. The van der Waals surface area contributed by atoms with Crippen molar-refractivity contribution in [3.05, 3.63) is 77.3 Å². The van der Waals surface area contributed by atoms with Gasteiger partial charge >= 0.3 is 0 Å². The summed E-state index contributed by atoms with van der Waals surface area (Å²) in [7, 11) is 1.67. The Bertz CT molecular complexity index is 514. The molecule has 0 heterocycles. The van der Waals surface area contributed by atoms with E-state index in [0.717, 1.165) is 10.8 Å². The minimum absolute atomic E-state index is 0.174. The van der Waals surface area contributed by atoms with Crippen molar-refractivity contribution in [1.82, 2.24) is 0 Å². The first-order chi connectivity index (χ1) is 8.74. The molecule has 0 aliphatic carbocycles. The number of methoxy groups -OCH3 is 1. The first-order valence-electron chi connectivity index (χ1n) is 5.76. The van der Waals surface area contributed by atoms with E-state index in [2.05, 4.69) is 18.7 Å². The van der Waals surface area contributed by atoms with Gasteiger partial charge in [-0.3, -0.25) is 0 Å². The molecule has 0 saturated heterocycles. The molecular weight excluding hydrogens is 244 g/mol. The van der Waals surface area contributed by atoms with E-state index in [9.17, 15) is 0 Å². The zero-order chi connectivity index (χ0) is 13.0. The Morgan fingerprint density at radius 1 is 1.00 bits per heavy atom. The van der Waals surface area contributed by atoms with Crippen LogP contribution in [0.25, 0.3) is 0 Å². The lowest BCUT2D eigenvalue weighted by Gasteiger charge is -2.14. The third-order valence-electron chi connectivity index (χ3n) is 2.94. The van der Waals surface area contributed by atoms with Crippen LogP contribution >= 0.6 is 11.6 Å². The summed E-state index contributed by atoms with van der Waals surface area (Å²) in [6, 6.07) is 15.9. The van der Waals surface area contributed by atoms with Crippen molar-refractivity contribution in [2.24, 2.45) is 0 Å². The second kappa shape index (κ2) is 5.74. The first-order valence-corrected chi connectivity index (χ1v) is 6.14. The number of hydrogen-bond acceptors (Lipinski definition) is 1. The number of halogens is 1. The Morgan fingerprint density at radius 2 is 1.50 bits per heavy atom. The molecule has 0 N–H and O–H groups in total. The van der Waals surface area contributed by atoms with Crippen molar-refractivity contribution in [2.45, 2.75) is 5.92 Å². The summed E-state index contributed by atoms with van der Waals surface area (Å²) in [6.45, 7) is 3.91. The molecule has 0 radical (unpaired) electrons. The lowest BCUT2D eigenvalue weighted by molar-refractivity contribution is 0.414. The summed E-state index contributed by atoms with van der Waals surface area (Å²) in [6.07, 6.45) is 1.94. The largest absolute Gasteiger partial charge is 0.497 e. The van der Waals surface area contributed by atoms with Gasteiger partial charge in [0, 0.05) is 10.9 Å². The third kappa shape index (κ3) is 2.74. The molecule has 2 heteroatoms. The maximum Gasteiger partial charge on any atom is 0.118 e. The fraction of sp³-hybridized carbons (Fsp3) is 0.125. The molecule has 0 bridgehead atoms. The molecule has 0 aliphatic rings. The van der Waals surface area contributed by atoms with Gasteiger partial charge in [-0.05, 0) is 35.4 Å². The molecule has 1 nitrogen and oxygen atoms in total. The standard InChI is InChI=1S/C16H15ClO/c1-3-16(12-4-8-14(17)9-5-12)13-6-10-15(18-2)11-7-13/h3-11,16H,1H2,2H3/t16-/m1/s1. The number of ether oxygens (including phenoxy) is 1. The van der Waals surface area contributed by atoms with Gasteiger partial charge in [0.25, 0.3) is 0 Å². The third-order valence-corrected chi connectivity index (χ3v) is 3.19. The molecule has 2 aromatic rings. The van der Waals surface area contributed by atoms with Crippen molar-refractivity contribution in [2.75, 3.05) is 7.11 Å². The van der Waals surface area contributed by atoms with Gasteiger partial charge < -0.3 is 4.74 Å². The molecule has 2 aromatic carbocycles. The first kappa shape index (κ1) is 12.7. The Hall–Kier alpha value is -1.73. The van der Waals surface area contributed by atoms with Gasteiger partial charge in [0.15, 0.2) is 0 Å². The van der Waals surface area contributed by atoms with E-state index in [-0.39, 0.29) is 5.92 Å².